The highest BCUT2D eigenvalue weighted by molar-refractivity contribution is 6.09. The zero-order valence-corrected chi connectivity index (χ0v) is 17.1. The highest BCUT2D eigenvalue weighted by Crippen LogP contribution is 2.33. The van der Waals surface area contributed by atoms with Gasteiger partial charge in [-0.1, -0.05) is 13.0 Å². The van der Waals surface area contributed by atoms with Gasteiger partial charge in [-0.15, -0.1) is 0 Å². The smallest absolute Gasteiger partial charge is 0.257 e. The second-order valence-electron chi connectivity index (χ2n) is 7.99. The molecule has 3 heterocycles. The molecule has 2 N–H and O–H groups in total. The van der Waals surface area contributed by atoms with Crippen molar-refractivity contribution < 1.29 is 9.53 Å². The first-order valence-corrected chi connectivity index (χ1v) is 10.7. The van der Waals surface area contributed by atoms with Gasteiger partial charge in [-0.05, 0) is 61.7 Å². The average Bonchev–Trinajstić information content (AvgIpc) is 3.07. The van der Waals surface area contributed by atoms with Crippen molar-refractivity contribution in [2.75, 3.05) is 25.0 Å². The number of aromatic nitrogens is 2. The number of H-pyrrole nitrogens is 1. The Morgan fingerprint density at radius 3 is 2.87 bits per heavy atom. The molecule has 1 amide bonds. The van der Waals surface area contributed by atoms with Crippen LogP contribution < -0.4 is 10.1 Å². The predicted molar refractivity (Wildman–Crippen MR) is 117 cm³/mol. The molecule has 154 valence electrons. The van der Waals surface area contributed by atoms with E-state index in [0.29, 0.717) is 5.56 Å². The van der Waals surface area contributed by atoms with Gasteiger partial charge in [0.2, 0.25) is 0 Å². The molecule has 6 nitrogen and oxygen atoms in total. The van der Waals surface area contributed by atoms with Gasteiger partial charge in [-0.2, -0.15) is 0 Å². The summed E-state index contributed by atoms with van der Waals surface area (Å²) in [5, 5.41) is 3.02. The number of amides is 1. The van der Waals surface area contributed by atoms with Gasteiger partial charge in [0.1, 0.15) is 11.9 Å². The van der Waals surface area contributed by atoms with E-state index in [2.05, 4.69) is 33.2 Å². The molecule has 1 fully saturated rings. The van der Waals surface area contributed by atoms with Crippen LogP contribution in [-0.4, -0.2) is 46.5 Å². The molecule has 0 unspecified atom stereocenters. The zero-order valence-electron chi connectivity index (χ0n) is 17.1. The summed E-state index contributed by atoms with van der Waals surface area (Å²) in [5.74, 6) is 0.708. The average molecular weight is 402 g/mol. The Kier molecular flexibility index (Phi) is 5.01. The molecule has 3 aromatic rings. The molecule has 0 bridgehead atoms. The van der Waals surface area contributed by atoms with E-state index in [4.69, 9.17) is 4.74 Å². The molecule has 1 aromatic carbocycles. The van der Waals surface area contributed by atoms with Crippen molar-refractivity contribution in [1.82, 2.24) is 14.9 Å². The fourth-order valence-electron chi connectivity index (χ4n) is 4.30. The minimum absolute atomic E-state index is 0.128. The Morgan fingerprint density at radius 1 is 1.23 bits per heavy atom. The maximum Gasteiger partial charge on any atom is 0.257 e. The summed E-state index contributed by atoms with van der Waals surface area (Å²) in [5.41, 5.74) is 5.53. The maximum atomic E-state index is 13.1. The van der Waals surface area contributed by atoms with Gasteiger partial charge in [-0.3, -0.25) is 14.7 Å². The van der Waals surface area contributed by atoms with Crippen LogP contribution in [0.3, 0.4) is 0 Å². The van der Waals surface area contributed by atoms with E-state index in [1.165, 1.54) is 5.56 Å². The number of fused-ring (bicyclic) bond motifs is 3. The predicted octanol–water partition coefficient (Wildman–Crippen LogP) is 3.90. The third kappa shape index (κ3) is 3.59. The molecule has 5 rings (SSSR count). The number of hydrogen-bond donors (Lipinski definition) is 2. The summed E-state index contributed by atoms with van der Waals surface area (Å²) in [6.45, 7) is 5.17. The Balaban J connectivity index is 1.31. The minimum Gasteiger partial charge on any atom is -0.488 e. The fraction of sp³-hybridized carbons (Fsp3) is 0.333. The highest BCUT2D eigenvalue weighted by Gasteiger charge is 2.27. The van der Waals surface area contributed by atoms with E-state index < -0.39 is 0 Å². The number of aromatic amines is 1. The molecular weight excluding hydrogens is 376 g/mol. The van der Waals surface area contributed by atoms with Crippen LogP contribution in [0.5, 0.6) is 5.75 Å². The molecule has 0 atom stereocenters. The van der Waals surface area contributed by atoms with Crippen molar-refractivity contribution in [3.63, 3.8) is 0 Å². The van der Waals surface area contributed by atoms with Crippen molar-refractivity contribution in [2.24, 2.45) is 0 Å². The van der Waals surface area contributed by atoms with Gasteiger partial charge in [0.05, 0.1) is 11.3 Å². The van der Waals surface area contributed by atoms with Crippen LogP contribution in [-0.2, 0) is 12.8 Å². The van der Waals surface area contributed by atoms with Crippen LogP contribution in [0.25, 0.3) is 11.3 Å². The third-order valence-electron chi connectivity index (χ3n) is 5.99. The molecule has 2 aromatic heterocycles. The molecule has 0 radical (unpaired) electrons. The van der Waals surface area contributed by atoms with Crippen LogP contribution in [0.1, 0.15) is 35.0 Å². The second-order valence-corrected chi connectivity index (χ2v) is 7.99. The van der Waals surface area contributed by atoms with E-state index >= 15 is 0 Å². The summed E-state index contributed by atoms with van der Waals surface area (Å²) in [6.07, 6.45) is 6.80. The summed E-state index contributed by atoms with van der Waals surface area (Å²) >= 11 is 0. The summed E-state index contributed by atoms with van der Waals surface area (Å²) in [4.78, 5) is 23.3. The number of anilines is 1. The number of pyridine rings is 1. The lowest BCUT2D eigenvalue weighted by Gasteiger charge is -2.38. The Hall–Kier alpha value is -3.12. The third-order valence-corrected chi connectivity index (χ3v) is 5.99. The lowest BCUT2D eigenvalue weighted by Crippen LogP contribution is -2.53. The van der Waals surface area contributed by atoms with Crippen LogP contribution in [0.4, 0.5) is 5.69 Å². The van der Waals surface area contributed by atoms with E-state index in [9.17, 15) is 4.79 Å². The van der Waals surface area contributed by atoms with Crippen molar-refractivity contribution in [3.05, 3.63) is 65.6 Å². The molecule has 2 aliphatic rings. The molecule has 0 spiro atoms. The molecule has 1 aliphatic carbocycles. The van der Waals surface area contributed by atoms with E-state index in [1.807, 2.05) is 30.3 Å². The Morgan fingerprint density at radius 2 is 2.07 bits per heavy atom. The van der Waals surface area contributed by atoms with Crippen molar-refractivity contribution in [2.45, 2.75) is 32.3 Å². The van der Waals surface area contributed by atoms with Crippen LogP contribution in [0.2, 0.25) is 0 Å². The number of nitrogens with zero attached hydrogens (tertiary/aromatic N) is 2. The minimum atomic E-state index is -0.128. The largest absolute Gasteiger partial charge is 0.488 e. The van der Waals surface area contributed by atoms with Crippen molar-refractivity contribution >= 4 is 11.6 Å². The van der Waals surface area contributed by atoms with Gasteiger partial charge in [-0.25, -0.2) is 0 Å². The first-order chi connectivity index (χ1) is 14.7. The normalized spacial score (nSPS) is 16.2. The molecule has 1 saturated heterocycles. The highest BCUT2D eigenvalue weighted by atomic mass is 16.5. The van der Waals surface area contributed by atoms with Gasteiger partial charge in [0.15, 0.2) is 0 Å². The summed E-state index contributed by atoms with van der Waals surface area (Å²) in [7, 11) is 0. The number of ether oxygens (including phenoxy) is 1. The van der Waals surface area contributed by atoms with Crippen LogP contribution >= 0.6 is 0 Å². The summed E-state index contributed by atoms with van der Waals surface area (Å²) < 4.78 is 5.97. The number of carbonyl (C=O) groups excluding carboxylic acids is 1. The SMILES string of the molecule is CCN1CC(Oc2ccc(NC(=O)c3c[nH]c4c3-c3ncccc3CCC4)cc2)C1. The van der Waals surface area contributed by atoms with Crippen molar-refractivity contribution in [1.29, 1.82) is 0 Å². The Bertz CT molecular complexity index is 1050. The number of nitrogens with one attached hydrogen (secondary N) is 2. The number of hydrogen-bond acceptors (Lipinski definition) is 4. The molecule has 0 saturated carbocycles. The van der Waals surface area contributed by atoms with Crippen molar-refractivity contribution in [3.8, 4) is 17.0 Å². The molecule has 6 heteroatoms. The lowest BCUT2D eigenvalue weighted by molar-refractivity contribution is 0.0238. The van der Waals surface area contributed by atoms with E-state index in [1.54, 1.807) is 12.4 Å². The topological polar surface area (TPSA) is 70.2 Å². The first-order valence-electron chi connectivity index (χ1n) is 10.7. The number of benzene rings is 1. The van der Waals surface area contributed by atoms with Gasteiger partial charge in [0.25, 0.3) is 5.91 Å². The Labute approximate surface area is 176 Å². The monoisotopic (exact) mass is 402 g/mol. The molecule has 30 heavy (non-hydrogen) atoms. The van der Waals surface area contributed by atoms with Crippen LogP contribution in [0.15, 0.2) is 48.8 Å². The van der Waals surface area contributed by atoms with Gasteiger partial charge in [0, 0.05) is 42.4 Å². The van der Waals surface area contributed by atoms with Gasteiger partial charge >= 0.3 is 0 Å². The maximum absolute atomic E-state index is 13.1. The number of rotatable bonds is 5. The second kappa shape index (κ2) is 7.95. The van der Waals surface area contributed by atoms with E-state index in [-0.39, 0.29) is 12.0 Å². The number of likely N-dealkylation sites (tertiary alicyclic amines) is 1. The quantitative estimate of drug-likeness (QED) is 0.679. The molecular formula is C24H26N4O2. The van der Waals surface area contributed by atoms with Crippen LogP contribution in [0, 0.1) is 0 Å². The number of aryl methyl sites for hydroxylation is 2. The fourth-order valence-corrected chi connectivity index (χ4v) is 4.30. The molecule has 1 aliphatic heterocycles. The number of likely N-dealkylation sites (N-methyl/N-ethyl adjacent to an activating group) is 1. The zero-order chi connectivity index (χ0) is 20.5. The standard InChI is InChI=1S/C24H26N4O2/c1-2-28-14-19(15-28)30-18-10-8-17(9-11-18)27-24(29)20-13-26-21-7-3-5-16-6-4-12-25-23(16)22(20)21/h4,6,8-13,19,26H,2-3,5,7,14-15H2,1H3,(H,27,29). The lowest BCUT2D eigenvalue weighted by atomic mass is 10.0. The number of carbonyl (C=O) groups is 1. The van der Waals surface area contributed by atoms with E-state index in [0.717, 1.165) is 67.3 Å². The van der Waals surface area contributed by atoms with Gasteiger partial charge < -0.3 is 15.0 Å². The summed E-state index contributed by atoms with van der Waals surface area (Å²) in [6, 6.07) is 11.7. The first kappa shape index (κ1) is 18.9.